The van der Waals surface area contributed by atoms with Crippen LogP contribution in [0, 0.1) is 0 Å². The van der Waals surface area contributed by atoms with Gasteiger partial charge in [-0.15, -0.1) is 11.3 Å². The highest BCUT2D eigenvalue weighted by Gasteiger charge is 2.22. The van der Waals surface area contributed by atoms with Crippen LogP contribution in [0.3, 0.4) is 0 Å². The minimum atomic E-state index is -3.59. The summed E-state index contributed by atoms with van der Waals surface area (Å²) in [6.45, 7) is 1.72. The molecule has 1 amide bonds. The van der Waals surface area contributed by atoms with Gasteiger partial charge in [-0.25, -0.2) is 8.42 Å². The van der Waals surface area contributed by atoms with E-state index in [1.54, 1.807) is 53.9 Å². The molecule has 0 aliphatic heterocycles. The summed E-state index contributed by atoms with van der Waals surface area (Å²) in [6.07, 6.45) is 0. The van der Waals surface area contributed by atoms with Crippen molar-refractivity contribution in [1.82, 2.24) is 5.32 Å². The van der Waals surface area contributed by atoms with Gasteiger partial charge in [0.2, 0.25) is 0 Å². The van der Waals surface area contributed by atoms with Crippen molar-refractivity contribution in [3.05, 3.63) is 76.6 Å². The summed E-state index contributed by atoms with van der Waals surface area (Å²) < 4.78 is 32.2. The van der Waals surface area contributed by atoms with Crippen molar-refractivity contribution in [3.63, 3.8) is 0 Å². The molecule has 0 radical (unpaired) electrons. The fourth-order valence-corrected chi connectivity index (χ4v) is 5.19. The number of ether oxygens (including phenoxy) is 1. The maximum atomic E-state index is 12.6. The number of benzene rings is 2. The van der Waals surface area contributed by atoms with Crippen molar-refractivity contribution in [2.45, 2.75) is 17.2 Å². The molecule has 1 unspecified atom stereocenters. The van der Waals surface area contributed by atoms with E-state index in [4.69, 9.17) is 16.3 Å². The molecule has 0 aliphatic rings. The highest BCUT2D eigenvalue weighted by molar-refractivity contribution is 7.94. The average molecular weight is 465 g/mol. The number of hydrogen-bond donors (Lipinski definition) is 1. The lowest BCUT2D eigenvalue weighted by atomic mass is 10.1. The van der Waals surface area contributed by atoms with Crippen LogP contribution in [-0.4, -0.2) is 28.0 Å². The third-order valence-corrected chi connectivity index (χ3v) is 7.84. The third kappa shape index (κ3) is 5.33. The molecule has 1 heterocycles. The van der Waals surface area contributed by atoms with Crippen LogP contribution in [-0.2, 0) is 14.8 Å². The molecule has 0 saturated heterocycles. The number of carbonyl (C=O) groups is 1. The van der Waals surface area contributed by atoms with E-state index < -0.39 is 10.0 Å². The number of halogens is 1. The van der Waals surface area contributed by atoms with Crippen LogP contribution >= 0.6 is 22.9 Å². The number of anilines is 1. The zero-order valence-electron chi connectivity index (χ0n) is 16.4. The van der Waals surface area contributed by atoms with Crippen LogP contribution in [0.1, 0.15) is 18.5 Å². The van der Waals surface area contributed by atoms with Crippen molar-refractivity contribution < 1.29 is 17.9 Å². The van der Waals surface area contributed by atoms with E-state index in [-0.39, 0.29) is 22.8 Å². The first-order valence-electron chi connectivity index (χ1n) is 9.07. The molecule has 30 heavy (non-hydrogen) atoms. The van der Waals surface area contributed by atoms with Gasteiger partial charge in [-0.2, -0.15) is 0 Å². The van der Waals surface area contributed by atoms with Gasteiger partial charge in [-0.05, 0) is 60.3 Å². The van der Waals surface area contributed by atoms with Gasteiger partial charge in [-0.3, -0.25) is 9.10 Å². The lowest BCUT2D eigenvalue weighted by molar-refractivity contribution is -0.123. The van der Waals surface area contributed by atoms with Crippen molar-refractivity contribution in [3.8, 4) is 5.75 Å². The smallest absolute Gasteiger partial charge is 0.273 e. The number of hydrogen-bond acceptors (Lipinski definition) is 5. The predicted octanol–water partition coefficient (Wildman–Crippen LogP) is 4.48. The zero-order valence-corrected chi connectivity index (χ0v) is 18.8. The Morgan fingerprint density at radius 3 is 2.40 bits per heavy atom. The first-order chi connectivity index (χ1) is 14.3. The van der Waals surface area contributed by atoms with Crippen molar-refractivity contribution in [2.75, 3.05) is 18.0 Å². The summed E-state index contributed by atoms with van der Waals surface area (Å²) >= 11 is 7.04. The number of carbonyl (C=O) groups excluding carboxylic acids is 1. The Bertz CT molecular complexity index is 1080. The second-order valence-corrected chi connectivity index (χ2v) is 10.1. The van der Waals surface area contributed by atoms with Gasteiger partial charge in [-0.1, -0.05) is 29.8 Å². The lowest BCUT2D eigenvalue weighted by Crippen LogP contribution is -2.31. The SMILES string of the molecule is CC(NC(=O)COc1ccc(N(C)S(=O)(=O)c2cccs2)cc1)c1ccc(Cl)cc1. The Morgan fingerprint density at radius 2 is 1.80 bits per heavy atom. The van der Waals surface area contributed by atoms with E-state index in [1.807, 2.05) is 19.1 Å². The Hall–Kier alpha value is -2.55. The van der Waals surface area contributed by atoms with Crippen LogP contribution in [0.2, 0.25) is 5.02 Å². The van der Waals surface area contributed by atoms with Crippen molar-refractivity contribution in [1.29, 1.82) is 0 Å². The summed E-state index contributed by atoms with van der Waals surface area (Å²) in [5.74, 6) is 0.203. The number of thiophene rings is 1. The normalized spacial score (nSPS) is 12.2. The summed E-state index contributed by atoms with van der Waals surface area (Å²) in [6, 6.07) is 16.9. The van der Waals surface area contributed by atoms with Crippen LogP contribution in [0.5, 0.6) is 5.75 Å². The van der Waals surface area contributed by atoms with Gasteiger partial charge in [0.05, 0.1) is 11.7 Å². The fraction of sp³-hybridized carbons (Fsp3) is 0.190. The molecule has 0 spiro atoms. The number of sulfonamides is 1. The molecular formula is C21H21ClN2O4S2. The summed E-state index contributed by atoms with van der Waals surface area (Å²) in [4.78, 5) is 12.2. The van der Waals surface area contributed by atoms with Crippen LogP contribution in [0.4, 0.5) is 5.69 Å². The highest BCUT2D eigenvalue weighted by atomic mass is 35.5. The maximum absolute atomic E-state index is 12.6. The number of nitrogens with zero attached hydrogens (tertiary/aromatic N) is 1. The Balaban J connectivity index is 1.55. The predicted molar refractivity (Wildman–Crippen MR) is 120 cm³/mol. The molecule has 3 rings (SSSR count). The fourth-order valence-electron chi connectivity index (χ4n) is 2.70. The second-order valence-electron chi connectivity index (χ2n) is 6.53. The Kier molecular flexibility index (Phi) is 7.02. The topological polar surface area (TPSA) is 75.7 Å². The molecule has 0 aliphatic carbocycles. The quantitative estimate of drug-likeness (QED) is 0.533. The molecule has 1 atom stereocenters. The molecule has 2 aromatic carbocycles. The van der Waals surface area contributed by atoms with E-state index >= 15 is 0 Å². The van der Waals surface area contributed by atoms with E-state index in [9.17, 15) is 13.2 Å². The molecule has 1 N–H and O–H groups in total. The van der Waals surface area contributed by atoms with Crippen LogP contribution in [0.25, 0.3) is 0 Å². The Labute approximate surface area is 185 Å². The van der Waals surface area contributed by atoms with Crippen LogP contribution < -0.4 is 14.4 Å². The van der Waals surface area contributed by atoms with Gasteiger partial charge in [0.15, 0.2) is 6.61 Å². The standard InChI is InChI=1S/C21H21ClN2O4S2/c1-15(16-5-7-17(22)8-6-16)23-20(25)14-28-19-11-9-18(10-12-19)24(2)30(26,27)21-4-3-13-29-21/h3-13,15H,14H2,1-2H3,(H,23,25). The monoisotopic (exact) mass is 464 g/mol. The number of amides is 1. The number of nitrogens with one attached hydrogen (secondary N) is 1. The molecule has 0 fully saturated rings. The van der Waals surface area contributed by atoms with Crippen molar-refractivity contribution >= 4 is 44.6 Å². The molecule has 158 valence electrons. The average Bonchev–Trinajstić information content (AvgIpc) is 3.28. The first-order valence-corrected chi connectivity index (χ1v) is 11.8. The maximum Gasteiger partial charge on any atom is 0.273 e. The molecule has 3 aromatic rings. The van der Waals surface area contributed by atoms with E-state index in [1.165, 1.54) is 22.7 Å². The van der Waals surface area contributed by atoms with Crippen LogP contribution in [0.15, 0.2) is 70.3 Å². The molecule has 1 aromatic heterocycles. The summed E-state index contributed by atoms with van der Waals surface area (Å²) in [5.41, 5.74) is 1.43. The summed E-state index contributed by atoms with van der Waals surface area (Å²) in [7, 11) is -2.09. The van der Waals surface area contributed by atoms with Gasteiger partial charge in [0, 0.05) is 12.1 Å². The number of rotatable bonds is 8. The summed E-state index contributed by atoms with van der Waals surface area (Å²) in [5, 5.41) is 5.21. The second kappa shape index (κ2) is 9.51. The van der Waals surface area contributed by atoms with E-state index in [2.05, 4.69) is 5.32 Å². The van der Waals surface area contributed by atoms with Crippen molar-refractivity contribution in [2.24, 2.45) is 0 Å². The van der Waals surface area contributed by atoms with E-state index in [0.29, 0.717) is 16.5 Å². The molecule has 6 nitrogen and oxygen atoms in total. The van der Waals surface area contributed by atoms with Gasteiger partial charge in [0.1, 0.15) is 9.96 Å². The van der Waals surface area contributed by atoms with E-state index in [0.717, 1.165) is 5.56 Å². The largest absolute Gasteiger partial charge is 0.484 e. The minimum Gasteiger partial charge on any atom is -0.484 e. The molecule has 0 bridgehead atoms. The third-order valence-electron chi connectivity index (χ3n) is 4.43. The first kappa shape index (κ1) is 22.1. The molecule has 0 saturated carbocycles. The molecule has 9 heteroatoms. The minimum absolute atomic E-state index is 0.152. The highest BCUT2D eigenvalue weighted by Crippen LogP contribution is 2.26. The zero-order chi connectivity index (χ0) is 21.7. The molecular weight excluding hydrogens is 444 g/mol. The van der Waals surface area contributed by atoms with Gasteiger partial charge < -0.3 is 10.1 Å². The lowest BCUT2D eigenvalue weighted by Gasteiger charge is -2.19. The van der Waals surface area contributed by atoms with Gasteiger partial charge >= 0.3 is 0 Å². The Morgan fingerprint density at radius 1 is 1.13 bits per heavy atom. The van der Waals surface area contributed by atoms with Gasteiger partial charge in [0.25, 0.3) is 15.9 Å².